The zero-order chi connectivity index (χ0) is 25.0. The summed E-state index contributed by atoms with van der Waals surface area (Å²) in [6.45, 7) is 5.20. The molecule has 0 bridgehead atoms. The number of rotatable bonds is 12. The van der Waals surface area contributed by atoms with E-state index >= 15 is 0 Å². The third-order valence-corrected chi connectivity index (χ3v) is 8.32. The quantitative estimate of drug-likeness (QED) is 0.264. The number of hydrogen-bond donors (Lipinski definition) is 2. The molecule has 1 heterocycles. The molecule has 34 heavy (non-hydrogen) atoms. The zero-order valence-corrected chi connectivity index (χ0v) is 21.4. The number of carbonyl (C=O) groups is 1. The third kappa shape index (κ3) is 8.24. The topological polar surface area (TPSA) is 95.9 Å². The van der Waals surface area contributed by atoms with E-state index in [4.69, 9.17) is 9.84 Å². The summed E-state index contributed by atoms with van der Waals surface area (Å²) in [4.78, 5) is 14.3. The molecule has 0 fully saturated rings. The first-order valence-electron chi connectivity index (χ1n) is 11.8. The standard InChI is InChI=1S/C26H38N2O5S/c1-26(25(30)33-2,34(3,31)32)15-20-28-18-13-24(14-19-28)23-11-9-22(10-12-23)8-6-4-5-7-16-27-17-21-29/h9-13,27,29H,4-5,7,14-21H2,1-3H3. The number of hydrogen-bond acceptors (Lipinski definition) is 7. The summed E-state index contributed by atoms with van der Waals surface area (Å²) in [6.07, 6.45) is 7.27. The maximum atomic E-state index is 12.2. The molecule has 7 nitrogen and oxygen atoms in total. The number of ether oxygens (including phenoxy) is 1. The Morgan fingerprint density at radius 2 is 1.97 bits per heavy atom. The summed E-state index contributed by atoms with van der Waals surface area (Å²) in [5, 5.41) is 11.9. The Bertz CT molecular complexity index is 992. The van der Waals surface area contributed by atoms with Gasteiger partial charge in [-0.1, -0.05) is 30.0 Å². The predicted octanol–water partition coefficient (Wildman–Crippen LogP) is 2.25. The minimum atomic E-state index is -3.59. The maximum absolute atomic E-state index is 12.2. The van der Waals surface area contributed by atoms with Gasteiger partial charge in [-0.3, -0.25) is 9.69 Å². The van der Waals surface area contributed by atoms with E-state index in [1.165, 1.54) is 25.2 Å². The first-order chi connectivity index (χ1) is 16.2. The summed E-state index contributed by atoms with van der Waals surface area (Å²) in [7, 11) is -2.37. The molecule has 1 aliphatic rings. The van der Waals surface area contributed by atoms with Gasteiger partial charge in [0, 0.05) is 44.4 Å². The van der Waals surface area contributed by atoms with Crippen LogP contribution in [0, 0.1) is 11.8 Å². The van der Waals surface area contributed by atoms with Gasteiger partial charge in [0.2, 0.25) is 0 Å². The van der Waals surface area contributed by atoms with Crippen molar-refractivity contribution in [3.05, 3.63) is 41.5 Å². The van der Waals surface area contributed by atoms with Gasteiger partial charge >= 0.3 is 5.97 Å². The van der Waals surface area contributed by atoms with Crippen LogP contribution >= 0.6 is 0 Å². The van der Waals surface area contributed by atoms with Crippen LogP contribution in [0.4, 0.5) is 0 Å². The van der Waals surface area contributed by atoms with Crippen molar-refractivity contribution in [1.29, 1.82) is 0 Å². The number of methoxy groups -OCH3 is 1. The van der Waals surface area contributed by atoms with Crippen molar-refractivity contribution in [3.63, 3.8) is 0 Å². The Kier molecular flexibility index (Phi) is 11.3. The predicted molar refractivity (Wildman–Crippen MR) is 136 cm³/mol. The number of nitrogens with one attached hydrogen (secondary N) is 1. The van der Waals surface area contributed by atoms with Gasteiger partial charge < -0.3 is 15.2 Å². The van der Waals surface area contributed by atoms with E-state index in [2.05, 4.69) is 40.3 Å². The fraction of sp³-hybridized carbons (Fsp3) is 0.577. The smallest absolute Gasteiger partial charge is 0.326 e. The minimum absolute atomic E-state index is 0.173. The van der Waals surface area contributed by atoms with Crippen LogP contribution in [0.15, 0.2) is 30.3 Å². The molecule has 188 valence electrons. The summed E-state index contributed by atoms with van der Waals surface area (Å²) >= 11 is 0. The molecule has 0 saturated carbocycles. The Labute approximate surface area is 204 Å². The lowest BCUT2D eigenvalue weighted by Gasteiger charge is -2.31. The Morgan fingerprint density at radius 3 is 2.56 bits per heavy atom. The van der Waals surface area contributed by atoms with Crippen LogP contribution < -0.4 is 5.32 Å². The van der Waals surface area contributed by atoms with Crippen LogP contribution in [0.25, 0.3) is 5.57 Å². The van der Waals surface area contributed by atoms with Crippen LogP contribution in [-0.4, -0.2) is 81.8 Å². The number of aliphatic hydroxyl groups excluding tert-OH is 1. The van der Waals surface area contributed by atoms with E-state index in [-0.39, 0.29) is 13.0 Å². The number of carbonyl (C=O) groups excluding carboxylic acids is 1. The second-order valence-electron chi connectivity index (χ2n) is 8.83. The van der Waals surface area contributed by atoms with Crippen molar-refractivity contribution in [2.24, 2.45) is 0 Å². The number of benzene rings is 1. The second kappa shape index (κ2) is 13.6. The van der Waals surface area contributed by atoms with Crippen molar-refractivity contribution in [3.8, 4) is 11.8 Å². The lowest BCUT2D eigenvalue weighted by molar-refractivity contribution is -0.143. The molecule has 1 aliphatic heterocycles. The van der Waals surface area contributed by atoms with Crippen molar-refractivity contribution >= 4 is 21.4 Å². The zero-order valence-electron chi connectivity index (χ0n) is 20.6. The molecule has 1 atom stereocenters. The highest BCUT2D eigenvalue weighted by Gasteiger charge is 2.44. The SMILES string of the molecule is COC(=O)C(C)(CCN1CC=C(c2ccc(C#CCCCCNCCO)cc2)CC1)S(C)(=O)=O. The van der Waals surface area contributed by atoms with Gasteiger partial charge in [-0.05, 0) is 62.4 Å². The molecule has 1 aromatic carbocycles. The van der Waals surface area contributed by atoms with Gasteiger partial charge in [0.1, 0.15) is 0 Å². The highest BCUT2D eigenvalue weighted by atomic mass is 32.2. The third-order valence-electron chi connectivity index (χ3n) is 6.32. The van der Waals surface area contributed by atoms with Crippen LogP contribution in [0.5, 0.6) is 0 Å². The first-order valence-corrected chi connectivity index (χ1v) is 13.7. The molecular weight excluding hydrogens is 452 g/mol. The molecule has 8 heteroatoms. The van der Waals surface area contributed by atoms with Crippen LogP contribution in [0.3, 0.4) is 0 Å². The number of aliphatic hydroxyl groups is 1. The van der Waals surface area contributed by atoms with Crippen molar-refractivity contribution < 1.29 is 23.1 Å². The maximum Gasteiger partial charge on any atom is 0.326 e. The van der Waals surface area contributed by atoms with Gasteiger partial charge in [-0.15, -0.1) is 0 Å². The van der Waals surface area contributed by atoms with Crippen molar-refractivity contribution in [2.75, 3.05) is 52.7 Å². The lowest BCUT2D eigenvalue weighted by Crippen LogP contribution is -2.46. The Balaban J connectivity index is 1.84. The molecule has 0 radical (unpaired) electrons. The summed E-state index contributed by atoms with van der Waals surface area (Å²) < 4.78 is 27.6. The molecule has 0 amide bonds. The molecule has 1 aromatic rings. The van der Waals surface area contributed by atoms with E-state index in [1.54, 1.807) is 0 Å². The summed E-state index contributed by atoms with van der Waals surface area (Å²) in [6, 6.07) is 8.29. The summed E-state index contributed by atoms with van der Waals surface area (Å²) in [5.74, 6) is 5.73. The fourth-order valence-corrected chi connectivity index (χ4v) is 4.65. The van der Waals surface area contributed by atoms with E-state index in [0.29, 0.717) is 19.6 Å². The number of unbranched alkanes of at least 4 members (excludes halogenated alkanes) is 2. The first kappa shape index (κ1) is 28.1. The lowest BCUT2D eigenvalue weighted by atomic mass is 9.98. The van der Waals surface area contributed by atoms with E-state index < -0.39 is 20.6 Å². The molecule has 2 rings (SSSR count). The van der Waals surface area contributed by atoms with Gasteiger partial charge in [-0.25, -0.2) is 8.42 Å². The average Bonchev–Trinajstić information content (AvgIpc) is 2.83. The highest BCUT2D eigenvalue weighted by molar-refractivity contribution is 7.92. The largest absolute Gasteiger partial charge is 0.468 e. The Hall–Kier alpha value is -2.18. The van der Waals surface area contributed by atoms with Crippen molar-refractivity contribution in [1.82, 2.24) is 10.2 Å². The van der Waals surface area contributed by atoms with E-state index in [9.17, 15) is 13.2 Å². The fourth-order valence-electron chi connectivity index (χ4n) is 3.80. The Morgan fingerprint density at radius 1 is 1.24 bits per heavy atom. The van der Waals surface area contributed by atoms with Gasteiger partial charge in [0.25, 0.3) is 0 Å². The number of nitrogens with zero attached hydrogens (tertiary/aromatic N) is 1. The van der Waals surface area contributed by atoms with E-state index in [0.717, 1.165) is 50.6 Å². The van der Waals surface area contributed by atoms with E-state index in [1.807, 2.05) is 12.1 Å². The molecule has 0 saturated heterocycles. The highest BCUT2D eigenvalue weighted by Crippen LogP contribution is 2.26. The summed E-state index contributed by atoms with van der Waals surface area (Å²) in [5.41, 5.74) is 3.45. The van der Waals surface area contributed by atoms with Crippen molar-refractivity contribution in [2.45, 2.75) is 43.8 Å². The monoisotopic (exact) mass is 490 g/mol. The number of sulfone groups is 1. The average molecular weight is 491 g/mol. The number of esters is 1. The van der Waals surface area contributed by atoms with Crippen LogP contribution in [0.2, 0.25) is 0 Å². The minimum Gasteiger partial charge on any atom is -0.468 e. The molecule has 0 aromatic heterocycles. The normalized spacial score (nSPS) is 16.2. The second-order valence-corrected chi connectivity index (χ2v) is 11.3. The molecule has 1 unspecified atom stereocenters. The van der Waals surface area contributed by atoms with Crippen LogP contribution in [0.1, 0.15) is 50.2 Å². The van der Waals surface area contributed by atoms with Crippen LogP contribution in [-0.2, 0) is 19.4 Å². The molecule has 0 spiro atoms. The molecule has 0 aliphatic carbocycles. The molecular formula is C26H38N2O5S. The molecule has 2 N–H and O–H groups in total. The van der Waals surface area contributed by atoms with Gasteiger partial charge in [0.05, 0.1) is 13.7 Å². The van der Waals surface area contributed by atoms with Gasteiger partial charge in [0.15, 0.2) is 14.6 Å². The van der Waals surface area contributed by atoms with Gasteiger partial charge in [-0.2, -0.15) is 0 Å².